The molecule has 2 aromatic rings. The van der Waals surface area contributed by atoms with Crippen LogP contribution in [0.4, 0.5) is 5.69 Å². The van der Waals surface area contributed by atoms with E-state index in [9.17, 15) is 8.42 Å². The van der Waals surface area contributed by atoms with Gasteiger partial charge in [0.15, 0.2) is 0 Å². The predicted molar refractivity (Wildman–Crippen MR) is 76.6 cm³/mol. The number of thiophene rings is 1. The van der Waals surface area contributed by atoms with E-state index in [1.54, 1.807) is 6.07 Å². The van der Waals surface area contributed by atoms with Crippen molar-refractivity contribution in [1.82, 2.24) is 0 Å². The summed E-state index contributed by atoms with van der Waals surface area (Å²) in [5, 5.41) is 0.659. The van der Waals surface area contributed by atoms with Gasteiger partial charge in [-0.3, -0.25) is 4.72 Å². The number of halogens is 3. The maximum Gasteiger partial charge on any atom is 0.271 e. The number of hydrogen-bond donors (Lipinski definition) is 1. The molecule has 0 aliphatic rings. The molecular formula is C10H6Cl3NO2S2. The molecule has 3 nitrogen and oxygen atoms in total. The van der Waals surface area contributed by atoms with Crippen molar-refractivity contribution in [2.45, 2.75) is 4.21 Å². The molecule has 0 spiro atoms. The third-order valence-corrected chi connectivity index (χ3v) is 5.64. The molecule has 1 N–H and O–H groups in total. The van der Waals surface area contributed by atoms with Crippen LogP contribution in [0.1, 0.15) is 0 Å². The first-order chi connectivity index (χ1) is 8.38. The summed E-state index contributed by atoms with van der Waals surface area (Å²) in [7, 11) is -3.69. The summed E-state index contributed by atoms with van der Waals surface area (Å²) < 4.78 is 26.9. The van der Waals surface area contributed by atoms with E-state index in [1.165, 1.54) is 24.3 Å². The van der Waals surface area contributed by atoms with Crippen LogP contribution in [-0.2, 0) is 10.0 Å². The Labute approximate surface area is 123 Å². The Morgan fingerprint density at radius 3 is 2.39 bits per heavy atom. The first-order valence-corrected chi connectivity index (χ1v) is 8.05. The average Bonchev–Trinajstić information content (AvgIpc) is 2.71. The van der Waals surface area contributed by atoms with Crippen molar-refractivity contribution >= 4 is 61.9 Å². The molecule has 0 aliphatic carbocycles. The Bertz CT molecular complexity index is 682. The number of hydrogen-bond acceptors (Lipinski definition) is 3. The maximum atomic E-state index is 12.0. The van der Waals surface area contributed by atoms with Gasteiger partial charge in [0.05, 0.1) is 15.0 Å². The highest BCUT2D eigenvalue weighted by atomic mass is 35.5. The van der Waals surface area contributed by atoms with Gasteiger partial charge in [-0.25, -0.2) is 8.42 Å². The zero-order chi connectivity index (χ0) is 13.3. The molecule has 0 amide bonds. The lowest BCUT2D eigenvalue weighted by molar-refractivity contribution is 0.603. The molecule has 1 aromatic carbocycles. The van der Waals surface area contributed by atoms with E-state index >= 15 is 0 Å². The summed E-state index contributed by atoms with van der Waals surface area (Å²) in [6.07, 6.45) is 0. The second-order valence-corrected chi connectivity index (χ2v) is 7.76. The molecule has 2 rings (SSSR count). The third kappa shape index (κ3) is 3.10. The Morgan fingerprint density at radius 2 is 1.78 bits per heavy atom. The van der Waals surface area contributed by atoms with Crippen LogP contribution in [0, 0.1) is 0 Å². The van der Waals surface area contributed by atoms with Gasteiger partial charge >= 0.3 is 0 Å². The Kier molecular flexibility index (Phi) is 4.08. The minimum absolute atomic E-state index is 0.114. The molecular weight excluding hydrogens is 337 g/mol. The molecule has 1 aromatic heterocycles. The van der Waals surface area contributed by atoms with E-state index < -0.39 is 10.0 Å². The number of anilines is 1. The average molecular weight is 343 g/mol. The summed E-state index contributed by atoms with van der Waals surface area (Å²) in [6.45, 7) is 0. The highest BCUT2D eigenvalue weighted by Crippen LogP contribution is 2.30. The monoisotopic (exact) mass is 341 g/mol. The molecule has 96 valence electrons. The summed E-state index contributed by atoms with van der Waals surface area (Å²) in [4.78, 5) is 0. The zero-order valence-electron chi connectivity index (χ0n) is 8.65. The van der Waals surface area contributed by atoms with E-state index in [1.807, 2.05) is 0 Å². The largest absolute Gasteiger partial charge is 0.277 e. The summed E-state index contributed by atoms with van der Waals surface area (Å²) >= 11 is 18.3. The topological polar surface area (TPSA) is 46.2 Å². The number of nitrogens with one attached hydrogen (secondary N) is 1. The fourth-order valence-corrected chi connectivity index (χ4v) is 4.16. The van der Waals surface area contributed by atoms with E-state index in [0.717, 1.165) is 11.3 Å². The van der Waals surface area contributed by atoms with Crippen LogP contribution in [-0.4, -0.2) is 8.42 Å². The van der Waals surface area contributed by atoms with Crippen LogP contribution in [0.2, 0.25) is 14.4 Å². The van der Waals surface area contributed by atoms with Crippen LogP contribution in [0.5, 0.6) is 0 Å². The van der Waals surface area contributed by atoms with Gasteiger partial charge in [-0.2, -0.15) is 0 Å². The lowest BCUT2D eigenvalue weighted by atomic mass is 10.3. The van der Waals surface area contributed by atoms with Gasteiger partial charge in [-0.1, -0.05) is 34.8 Å². The highest BCUT2D eigenvalue weighted by Gasteiger charge is 2.18. The lowest BCUT2D eigenvalue weighted by Crippen LogP contribution is -2.11. The van der Waals surface area contributed by atoms with Crippen molar-refractivity contribution in [3.8, 4) is 0 Å². The standard InChI is InChI=1S/C10H6Cl3NO2S2/c11-6-1-2-7(12)8(5-6)14-18(15,16)10-4-3-9(13)17-10/h1-5,14H. The van der Waals surface area contributed by atoms with E-state index in [-0.39, 0.29) is 14.9 Å². The Balaban J connectivity index is 2.36. The second-order valence-electron chi connectivity index (χ2n) is 3.29. The van der Waals surface area contributed by atoms with Gasteiger partial charge < -0.3 is 0 Å². The Morgan fingerprint density at radius 1 is 1.06 bits per heavy atom. The molecule has 0 bridgehead atoms. The van der Waals surface area contributed by atoms with Crippen LogP contribution < -0.4 is 4.72 Å². The molecule has 0 radical (unpaired) electrons. The Hall–Kier alpha value is -0.460. The first-order valence-electron chi connectivity index (χ1n) is 4.62. The van der Waals surface area contributed by atoms with Crippen molar-refractivity contribution in [3.63, 3.8) is 0 Å². The molecule has 0 atom stereocenters. The van der Waals surface area contributed by atoms with Gasteiger partial charge in [0, 0.05) is 5.02 Å². The highest BCUT2D eigenvalue weighted by molar-refractivity contribution is 7.94. The molecule has 0 unspecified atom stereocenters. The van der Waals surface area contributed by atoms with Gasteiger partial charge in [-0.05, 0) is 30.3 Å². The van der Waals surface area contributed by atoms with E-state index in [0.29, 0.717) is 9.36 Å². The van der Waals surface area contributed by atoms with Crippen LogP contribution in [0.25, 0.3) is 0 Å². The molecule has 0 saturated carbocycles. The van der Waals surface area contributed by atoms with Crippen molar-refractivity contribution in [2.24, 2.45) is 0 Å². The SMILES string of the molecule is O=S(=O)(Nc1cc(Cl)ccc1Cl)c1ccc(Cl)s1. The number of rotatable bonds is 3. The summed E-state index contributed by atoms with van der Waals surface area (Å²) in [6, 6.07) is 7.47. The fraction of sp³-hybridized carbons (Fsp3) is 0. The maximum absolute atomic E-state index is 12.0. The second kappa shape index (κ2) is 5.27. The zero-order valence-corrected chi connectivity index (χ0v) is 12.6. The summed E-state index contributed by atoms with van der Waals surface area (Å²) in [5.41, 5.74) is 0.230. The molecule has 0 fully saturated rings. The molecule has 1 heterocycles. The molecule has 0 aliphatic heterocycles. The van der Waals surface area contributed by atoms with Gasteiger partial charge in [-0.15, -0.1) is 11.3 Å². The van der Waals surface area contributed by atoms with Crippen LogP contribution in [0.15, 0.2) is 34.5 Å². The van der Waals surface area contributed by atoms with Gasteiger partial charge in [0.1, 0.15) is 4.21 Å². The van der Waals surface area contributed by atoms with E-state index in [2.05, 4.69) is 4.72 Å². The first kappa shape index (κ1) is 14.0. The lowest BCUT2D eigenvalue weighted by Gasteiger charge is -2.08. The van der Waals surface area contributed by atoms with Crippen molar-refractivity contribution in [3.05, 3.63) is 44.7 Å². The number of benzene rings is 1. The normalized spacial score (nSPS) is 11.5. The van der Waals surface area contributed by atoms with Gasteiger partial charge in [0.25, 0.3) is 10.0 Å². The molecule has 18 heavy (non-hydrogen) atoms. The van der Waals surface area contributed by atoms with Crippen molar-refractivity contribution in [1.29, 1.82) is 0 Å². The van der Waals surface area contributed by atoms with Crippen LogP contribution >= 0.6 is 46.1 Å². The number of sulfonamides is 1. The molecule has 0 saturated heterocycles. The van der Waals surface area contributed by atoms with Gasteiger partial charge in [0.2, 0.25) is 0 Å². The van der Waals surface area contributed by atoms with E-state index in [4.69, 9.17) is 34.8 Å². The predicted octanol–water partition coefficient (Wildman–Crippen LogP) is 4.51. The summed E-state index contributed by atoms with van der Waals surface area (Å²) in [5.74, 6) is 0. The fourth-order valence-electron chi connectivity index (χ4n) is 1.21. The quantitative estimate of drug-likeness (QED) is 0.892. The third-order valence-electron chi connectivity index (χ3n) is 1.99. The van der Waals surface area contributed by atoms with Crippen molar-refractivity contribution < 1.29 is 8.42 Å². The van der Waals surface area contributed by atoms with Crippen molar-refractivity contribution in [2.75, 3.05) is 4.72 Å². The molecule has 8 heteroatoms. The minimum atomic E-state index is -3.69. The smallest absolute Gasteiger partial charge is 0.271 e. The minimum Gasteiger partial charge on any atom is -0.277 e. The van der Waals surface area contributed by atoms with Crippen LogP contribution in [0.3, 0.4) is 0 Å².